The molecule has 0 spiro atoms. The SMILES string of the molecule is CCC1CCCC(NC(C)=O)CCCCC(S)C(S)CCC1. The number of hydrogen-bond donors (Lipinski definition) is 3. The molecule has 0 bridgehead atoms. The van der Waals surface area contributed by atoms with Crippen molar-refractivity contribution in [1.29, 1.82) is 0 Å². The quantitative estimate of drug-likeness (QED) is 0.602. The fourth-order valence-corrected chi connectivity index (χ4v) is 4.19. The Balaban J connectivity index is 2.54. The third kappa shape index (κ3) is 8.71. The molecule has 4 unspecified atom stereocenters. The molecular weight excluding hydrogens is 310 g/mol. The van der Waals surface area contributed by atoms with E-state index < -0.39 is 0 Å². The van der Waals surface area contributed by atoms with Gasteiger partial charge in [-0.3, -0.25) is 4.79 Å². The Bertz CT molecular complexity index is 311. The van der Waals surface area contributed by atoms with Gasteiger partial charge in [-0.15, -0.1) is 0 Å². The summed E-state index contributed by atoms with van der Waals surface area (Å²) in [5.74, 6) is 0.945. The Hall–Kier alpha value is 0.170. The largest absolute Gasteiger partial charge is 0.354 e. The second-order valence-corrected chi connectivity index (χ2v) is 8.28. The molecule has 0 heterocycles. The van der Waals surface area contributed by atoms with Gasteiger partial charge in [-0.2, -0.15) is 25.3 Å². The van der Waals surface area contributed by atoms with Gasteiger partial charge in [0.15, 0.2) is 0 Å². The van der Waals surface area contributed by atoms with Gasteiger partial charge in [0.25, 0.3) is 0 Å². The van der Waals surface area contributed by atoms with Gasteiger partial charge in [-0.25, -0.2) is 0 Å². The molecule has 1 rings (SSSR count). The van der Waals surface area contributed by atoms with E-state index in [1.54, 1.807) is 6.92 Å². The summed E-state index contributed by atoms with van der Waals surface area (Å²) in [6, 6.07) is 0.364. The van der Waals surface area contributed by atoms with Crippen LogP contribution in [0.3, 0.4) is 0 Å². The average molecular weight is 346 g/mol. The third-order valence-corrected chi connectivity index (χ3v) is 6.48. The first kappa shape index (κ1) is 20.2. The van der Waals surface area contributed by atoms with Crippen molar-refractivity contribution in [1.82, 2.24) is 5.32 Å². The van der Waals surface area contributed by atoms with Gasteiger partial charge < -0.3 is 5.32 Å². The number of carbonyl (C=O) groups is 1. The highest BCUT2D eigenvalue weighted by molar-refractivity contribution is 7.85. The summed E-state index contributed by atoms with van der Waals surface area (Å²) in [5, 5.41) is 3.98. The Kier molecular flexibility index (Phi) is 10.7. The summed E-state index contributed by atoms with van der Waals surface area (Å²) in [4.78, 5) is 11.4. The van der Waals surface area contributed by atoms with Gasteiger partial charge in [-0.05, 0) is 31.6 Å². The van der Waals surface area contributed by atoms with E-state index in [0.717, 1.165) is 25.2 Å². The maximum absolute atomic E-state index is 11.4. The molecule has 4 atom stereocenters. The van der Waals surface area contributed by atoms with Crippen LogP contribution >= 0.6 is 25.3 Å². The highest BCUT2D eigenvalue weighted by Gasteiger charge is 2.17. The van der Waals surface area contributed by atoms with Crippen molar-refractivity contribution in [2.45, 2.75) is 101 Å². The standard InChI is InChI=1S/C18H35NOS2/c1-3-15-8-6-11-16(19-14(2)20)10-4-5-12-17(21)18(22)13-7-9-15/h15-18,21-22H,3-13H2,1-2H3,(H,19,20). The average Bonchev–Trinajstić information content (AvgIpc) is 2.47. The molecule has 0 aromatic heterocycles. The Morgan fingerprint density at radius 2 is 1.41 bits per heavy atom. The van der Waals surface area contributed by atoms with Crippen molar-refractivity contribution in [2.24, 2.45) is 5.92 Å². The lowest BCUT2D eigenvalue weighted by atomic mass is 9.90. The first-order valence-electron chi connectivity index (χ1n) is 9.16. The summed E-state index contributed by atoms with van der Waals surface area (Å²) >= 11 is 9.50. The molecule has 1 aliphatic carbocycles. The minimum atomic E-state index is 0.112. The van der Waals surface area contributed by atoms with Gasteiger partial charge in [-0.1, -0.05) is 51.9 Å². The van der Waals surface area contributed by atoms with E-state index in [2.05, 4.69) is 12.2 Å². The number of amides is 1. The van der Waals surface area contributed by atoms with Crippen LogP contribution in [0.4, 0.5) is 0 Å². The highest BCUT2D eigenvalue weighted by Crippen LogP contribution is 2.26. The van der Waals surface area contributed by atoms with E-state index in [4.69, 9.17) is 25.3 Å². The van der Waals surface area contributed by atoms with E-state index in [1.807, 2.05) is 0 Å². The molecule has 1 amide bonds. The summed E-state index contributed by atoms with van der Waals surface area (Å²) in [6.07, 6.45) is 13.4. The van der Waals surface area contributed by atoms with Gasteiger partial charge in [0.2, 0.25) is 5.91 Å². The molecular formula is C18H35NOS2. The van der Waals surface area contributed by atoms with E-state index in [0.29, 0.717) is 16.5 Å². The van der Waals surface area contributed by atoms with Crippen molar-refractivity contribution in [3.05, 3.63) is 0 Å². The highest BCUT2D eigenvalue weighted by atomic mass is 32.1. The number of nitrogens with one attached hydrogen (secondary N) is 1. The smallest absolute Gasteiger partial charge is 0.217 e. The van der Waals surface area contributed by atoms with Crippen LogP contribution in [0, 0.1) is 5.92 Å². The normalized spacial score (nSPS) is 32.9. The lowest BCUT2D eigenvalue weighted by molar-refractivity contribution is -0.119. The van der Waals surface area contributed by atoms with E-state index in [9.17, 15) is 4.79 Å². The van der Waals surface area contributed by atoms with Crippen LogP contribution in [0.1, 0.15) is 84.5 Å². The molecule has 0 aromatic carbocycles. The summed E-state index contributed by atoms with van der Waals surface area (Å²) in [5.41, 5.74) is 0. The Morgan fingerprint density at radius 3 is 2.00 bits per heavy atom. The first-order chi connectivity index (χ1) is 10.5. The second kappa shape index (κ2) is 11.7. The molecule has 22 heavy (non-hydrogen) atoms. The maximum Gasteiger partial charge on any atom is 0.217 e. The fourth-order valence-electron chi connectivity index (χ4n) is 3.53. The van der Waals surface area contributed by atoms with Crippen molar-refractivity contribution in [3.63, 3.8) is 0 Å². The zero-order chi connectivity index (χ0) is 16.4. The van der Waals surface area contributed by atoms with E-state index in [1.165, 1.54) is 51.4 Å². The molecule has 0 radical (unpaired) electrons. The molecule has 0 aromatic rings. The third-order valence-electron chi connectivity index (χ3n) is 5.01. The van der Waals surface area contributed by atoms with Crippen molar-refractivity contribution >= 4 is 31.2 Å². The van der Waals surface area contributed by atoms with Gasteiger partial charge in [0, 0.05) is 23.5 Å². The lowest BCUT2D eigenvalue weighted by Gasteiger charge is -2.23. The second-order valence-electron chi connectivity index (χ2n) is 6.95. The predicted molar refractivity (Wildman–Crippen MR) is 103 cm³/mol. The zero-order valence-electron chi connectivity index (χ0n) is 14.4. The minimum absolute atomic E-state index is 0.112. The summed E-state index contributed by atoms with van der Waals surface area (Å²) in [7, 11) is 0. The number of hydrogen-bond acceptors (Lipinski definition) is 3. The number of carbonyl (C=O) groups excluding carboxylic acids is 1. The van der Waals surface area contributed by atoms with Crippen LogP contribution < -0.4 is 5.32 Å². The lowest BCUT2D eigenvalue weighted by Crippen LogP contribution is -2.33. The number of rotatable bonds is 2. The summed E-state index contributed by atoms with van der Waals surface area (Å²) in [6.45, 7) is 3.94. The monoisotopic (exact) mass is 345 g/mol. The fraction of sp³-hybridized carbons (Fsp3) is 0.944. The van der Waals surface area contributed by atoms with E-state index in [-0.39, 0.29) is 5.91 Å². The molecule has 0 aliphatic heterocycles. The molecule has 4 heteroatoms. The summed E-state index contributed by atoms with van der Waals surface area (Å²) < 4.78 is 0. The molecule has 1 aliphatic rings. The van der Waals surface area contributed by atoms with Gasteiger partial charge in [0.05, 0.1) is 0 Å². The predicted octanol–water partition coefficient (Wildman–Crippen LogP) is 5.03. The molecule has 2 nitrogen and oxygen atoms in total. The molecule has 0 saturated heterocycles. The van der Waals surface area contributed by atoms with Crippen molar-refractivity contribution in [2.75, 3.05) is 0 Å². The Morgan fingerprint density at radius 1 is 0.909 bits per heavy atom. The maximum atomic E-state index is 11.4. The molecule has 130 valence electrons. The molecule has 1 N–H and O–H groups in total. The molecule has 1 saturated carbocycles. The number of thiol groups is 2. The first-order valence-corrected chi connectivity index (χ1v) is 10.2. The molecule has 1 fully saturated rings. The van der Waals surface area contributed by atoms with Crippen molar-refractivity contribution < 1.29 is 4.79 Å². The van der Waals surface area contributed by atoms with Crippen LogP contribution in [0.2, 0.25) is 0 Å². The van der Waals surface area contributed by atoms with E-state index >= 15 is 0 Å². The Labute approximate surface area is 148 Å². The topological polar surface area (TPSA) is 29.1 Å². The zero-order valence-corrected chi connectivity index (χ0v) is 16.2. The van der Waals surface area contributed by atoms with Crippen LogP contribution in [0.5, 0.6) is 0 Å². The van der Waals surface area contributed by atoms with Crippen LogP contribution in [-0.2, 0) is 4.79 Å². The minimum Gasteiger partial charge on any atom is -0.354 e. The van der Waals surface area contributed by atoms with Crippen LogP contribution in [0.25, 0.3) is 0 Å². The van der Waals surface area contributed by atoms with Crippen LogP contribution in [-0.4, -0.2) is 22.4 Å². The van der Waals surface area contributed by atoms with Crippen molar-refractivity contribution in [3.8, 4) is 0 Å². The van der Waals surface area contributed by atoms with Crippen LogP contribution in [0.15, 0.2) is 0 Å². The van der Waals surface area contributed by atoms with Gasteiger partial charge in [0.1, 0.15) is 0 Å². The van der Waals surface area contributed by atoms with Gasteiger partial charge >= 0.3 is 0 Å².